The van der Waals surface area contributed by atoms with Gasteiger partial charge in [-0.05, 0) is 63.6 Å². The summed E-state index contributed by atoms with van der Waals surface area (Å²) in [4.78, 5) is 23.1. The number of H-pyrrole nitrogens is 1. The Balaban J connectivity index is 1.44. The lowest BCUT2D eigenvalue weighted by atomic mass is 9.90. The van der Waals surface area contributed by atoms with Crippen LogP contribution in [0, 0.1) is 11.7 Å². The molecule has 1 atom stereocenters. The zero-order chi connectivity index (χ0) is 20.4. The van der Waals surface area contributed by atoms with E-state index in [4.69, 9.17) is 4.74 Å². The number of fused-ring (bicyclic) bond motifs is 1. The minimum atomic E-state index is -0.278. The van der Waals surface area contributed by atoms with Crippen LogP contribution in [0.1, 0.15) is 42.9 Å². The van der Waals surface area contributed by atoms with Gasteiger partial charge in [0.2, 0.25) is 0 Å². The molecule has 29 heavy (non-hydrogen) atoms. The monoisotopic (exact) mass is 395 g/mol. The van der Waals surface area contributed by atoms with Crippen LogP contribution in [-0.4, -0.2) is 39.8 Å². The highest BCUT2D eigenvalue weighted by Gasteiger charge is 2.27. The van der Waals surface area contributed by atoms with Crippen LogP contribution in [0.3, 0.4) is 0 Å². The molecular formula is C23H26FN3O2. The third-order valence-corrected chi connectivity index (χ3v) is 5.23. The van der Waals surface area contributed by atoms with Gasteiger partial charge in [0.15, 0.2) is 5.78 Å². The predicted octanol–water partition coefficient (Wildman–Crippen LogP) is 4.58. The summed E-state index contributed by atoms with van der Waals surface area (Å²) in [6.45, 7) is 6.18. The number of nitrogens with zero attached hydrogens (tertiary/aromatic N) is 2. The number of rotatable bonds is 6. The number of aromatic nitrogens is 2. The maximum Gasteiger partial charge on any atom is 0.167 e. The molecule has 3 aromatic rings. The second kappa shape index (κ2) is 8.33. The van der Waals surface area contributed by atoms with Crippen molar-refractivity contribution in [3.8, 4) is 5.75 Å². The number of Topliss-reactive ketones (excluding diaryl/α,β-unsaturated/α-hetero) is 1. The number of ether oxygens (including phenoxy) is 1. The summed E-state index contributed by atoms with van der Waals surface area (Å²) >= 11 is 0. The number of ketones is 1. The Morgan fingerprint density at radius 3 is 3.00 bits per heavy atom. The number of hydrogen-bond donors (Lipinski definition) is 1. The van der Waals surface area contributed by atoms with Crippen molar-refractivity contribution in [1.82, 2.24) is 14.9 Å². The molecule has 0 aliphatic carbocycles. The van der Waals surface area contributed by atoms with E-state index in [2.05, 4.69) is 14.9 Å². The summed E-state index contributed by atoms with van der Waals surface area (Å²) in [5.41, 5.74) is 2.16. The minimum absolute atomic E-state index is 0.0418. The molecule has 1 aliphatic heterocycles. The Hall–Kier alpha value is -2.73. The largest absolute Gasteiger partial charge is 0.491 e. The van der Waals surface area contributed by atoms with Crippen LogP contribution < -0.4 is 4.74 Å². The highest BCUT2D eigenvalue weighted by atomic mass is 19.1. The Morgan fingerprint density at radius 2 is 2.17 bits per heavy atom. The molecule has 2 heterocycles. The molecular weight excluding hydrogens is 369 g/mol. The molecule has 4 rings (SSSR count). The second-order valence-corrected chi connectivity index (χ2v) is 7.98. The number of imidazole rings is 1. The van der Waals surface area contributed by atoms with Crippen LogP contribution in [-0.2, 0) is 6.54 Å². The zero-order valence-corrected chi connectivity index (χ0v) is 16.8. The lowest BCUT2D eigenvalue weighted by molar-refractivity contribution is 0.0808. The highest BCUT2D eigenvalue weighted by Crippen LogP contribution is 2.24. The molecule has 1 fully saturated rings. The number of nitrogens with one attached hydrogen (secondary N) is 1. The summed E-state index contributed by atoms with van der Waals surface area (Å²) in [6, 6.07) is 12.0. The van der Waals surface area contributed by atoms with Crippen LogP contribution >= 0.6 is 0 Å². The van der Waals surface area contributed by atoms with Gasteiger partial charge in [-0.2, -0.15) is 0 Å². The molecule has 0 radical (unpaired) electrons. The number of likely N-dealkylation sites (tertiary alicyclic amines) is 1. The van der Waals surface area contributed by atoms with Gasteiger partial charge in [-0.1, -0.05) is 12.1 Å². The van der Waals surface area contributed by atoms with E-state index >= 15 is 0 Å². The fourth-order valence-electron chi connectivity index (χ4n) is 3.97. The Labute approximate surface area is 169 Å². The molecule has 0 spiro atoms. The van der Waals surface area contributed by atoms with Crippen LogP contribution in [0.2, 0.25) is 0 Å². The smallest absolute Gasteiger partial charge is 0.167 e. The zero-order valence-electron chi connectivity index (χ0n) is 16.8. The average Bonchev–Trinajstić information content (AvgIpc) is 3.08. The summed E-state index contributed by atoms with van der Waals surface area (Å²) < 4.78 is 19.1. The van der Waals surface area contributed by atoms with Crippen molar-refractivity contribution >= 4 is 16.8 Å². The van der Waals surface area contributed by atoms with Gasteiger partial charge in [-0.3, -0.25) is 9.69 Å². The highest BCUT2D eigenvalue weighted by molar-refractivity contribution is 5.98. The van der Waals surface area contributed by atoms with Crippen molar-refractivity contribution < 1.29 is 13.9 Å². The minimum Gasteiger partial charge on any atom is -0.491 e. The van der Waals surface area contributed by atoms with Gasteiger partial charge in [0.1, 0.15) is 17.4 Å². The van der Waals surface area contributed by atoms with Crippen molar-refractivity contribution in [2.24, 2.45) is 5.92 Å². The third kappa shape index (κ3) is 4.65. The van der Waals surface area contributed by atoms with Gasteiger partial charge in [0, 0.05) is 18.0 Å². The second-order valence-electron chi connectivity index (χ2n) is 7.98. The maximum absolute atomic E-state index is 13.4. The molecule has 0 amide bonds. The molecule has 152 valence electrons. The average molecular weight is 395 g/mol. The van der Waals surface area contributed by atoms with E-state index in [1.165, 1.54) is 12.1 Å². The molecule has 1 aliphatic rings. The van der Waals surface area contributed by atoms with E-state index < -0.39 is 0 Å². The van der Waals surface area contributed by atoms with Crippen molar-refractivity contribution in [2.75, 3.05) is 13.1 Å². The molecule has 0 bridgehead atoms. The first kappa shape index (κ1) is 19.6. The van der Waals surface area contributed by atoms with Crippen LogP contribution in [0.25, 0.3) is 11.0 Å². The molecule has 1 unspecified atom stereocenters. The fraction of sp³-hybridized carbons (Fsp3) is 0.391. The first-order valence-corrected chi connectivity index (χ1v) is 10.2. The van der Waals surface area contributed by atoms with E-state index in [9.17, 15) is 9.18 Å². The van der Waals surface area contributed by atoms with Crippen molar-refractivity contribution in [3.05, 3.63) is 59.7 Å². The topological polar surface area (TPSA) is 58.2 Å². The Morgan fingerprint density at radius 1 is 1.31 bits per heavy atom. The SMILES string of the molecule is CC(C)Oc1cccc(C(=O)C2CCCN(Cc3nc4ccc(F)cc4[nH]3)C2)c1. The number of carbonyl (C=O) groups is 1. The van der Waals surface area contributed by atoms with E-state index in [-0.39, 0.29) is 23.6 Å². The Bertz CT molecular complexity index is 1010. The van der Waals surface area contributed by atoms with Gasteiger partial charge < -0.3 is 9.72 Å². The van der Waals surface area contributed by atoms with Gasteiger partial charge in [0.05, 0.1) is 23.7 Å². The molecule has 6 heteroatoms. The number of aromatic amines is 1. The van der Waals surface area contributed by atoms with Gasteiger partial charge in [0.25, 0.3) is 0 Å². The fourth-order valence-corrected chi connectivity index (χ4v) is 3.97. The first-order valence-electron chi connectivity index (χ1n) is 10.2. The van der Waals surface area contributed by atoms with Crippen molar-refractivity contribution in [1.29, 1.82) is 0 Å². The normalized spacial score (nSPS) is 17.7. The van der Waals surface area contributed by atoms with Crippen LogP contribution in [0.4, 0.5) is 4.39 Å². The lowest BCUT2D eigenvalue weighted by Gasteiger charge is -2.31. The van der Waals surface area contributed by atoms with Crippen LogP contribution in [0.5, 0.6) is 5.75 Å². The van der Waals surface area contributed by atoms with E-state index in [0.29, 0.717) is 24.2 Å². The predicted molar refractivity (Wildman–Crippen MR) is 111 cm³/mol. The number of halogens is 1. The standard InChI is InChI=1S/C23H26FN3O2/c1-15(2)29-19-7-3-5-16(11-19)23(28)17-6-4-10-27(13-17)14-22-25-20-9-8-18(24)12-21(20)26-22/h3,5,7-9,11-12,15,17H,4,6,10,13-14H2,1-2H3,(H,25,26). The van der Waals surface area contributed by atoms with Gasteiger partial charge in [-0.25, -0.2) is 9.37 Å². The molecule has 2 aromatic carbocycles. The molecule has 1 saturated heterocycles. The number of piperidine rings is 1. The quantitative estimate of drug-likeness (QED) is 0.621. The summed E-state index contributed by atoms with van der Waals surface area (Å²) in [5.74, 6) is 1.37. The van der Waals surface area contributed by atoms with Crippen molar-refractivity contribution in [2.45, 2.75) is 39.3 Å². The van der Waals surface area contributed by atoms with Crippen LogP contribution in [0.15, 0.2) is 42.5 Å². The summed E-state index contributed by atoms with van der Waals surface area (Å²) in [6.07, 6.45) is 1.92. The van der Waals surface area contributed by atoms with Gasteiger partial charge >= 0.3 is 0 Å². The number of benzene rings is 2. The molecule has 1 aromatic heterocycles. The first-order chi connectivity index (χ1) is 14.0. The lowest BCUT2D eigenvalue weighted by Crippen LogP contribution is -2.38. The van der Waals surface area contributed by atoms with E-state index in [0.717, 1.165) is 36.5 Å². The summed E-state index contributed by atoms with van der Waals surface area (Å²) in [7, 11) is 0. The van der Waals surface area contributed by atoms with E-state index in [1.54, 1.807) is 6.07 Å². The Kier molecular flexibility index (Phi) is 5.62. The number of carbonyl (C=O) groups excluding carboxylic acids is 1. The number of hydrogen-bond acceptors (Lipinski definition) is 4. The third-order valence-electron chi connectivity index (χ3n) is 5.23. The molecule has 1 N–H and O–H groups in total. The summed E-state index contributed by atoms with van der Waals surface area (Å²) in [5, 5.41) is 0. The maximum atomic E-state index is 13.4. The molecule has 0 saturated carbocycles. The van der Waals surface area contributed by atoms with Gasteiger partial charge in [-0.15, -0.1) is 0 Å². The molecule has 5 nitrogen and oxygen atoms in total. The van der Waals surface area contributed by atoms with E-state index in [1.807, 2.05) is 38.1 Å². The van der Waals surface area contributed by atoms with Crippen molar-refractivity contribution in [3.63, 3.8) is 0 Å².